The number of anilines is 1. The van der Waals surface area contributed by atoms with Gasteiger partial charge < -0.3 is 10.1 Å². The third kappa shape index (κ3) is 3.68. The largest absolute Gasteiger partial charge is 0.439 e. The minimum atomic E-state index is 0.478. The third-order valence-corrected chi connectivity index (χ3v) is 2.75. The lowest BCUT2D eigenvalue weighted by atomic mass is 10.0. The van der Waals surface area contributed by atoms with Gasteiger partial charge in [-0.15, -0.1) is 0 Å². The highest BCUT2D eigenvalue weighted by Crippen LogP contribution is 2.24. The zero-order valence-corrected chi connectivity index (χ0v) is 11.6. The Hall–Kier alpha value is -2.10. The molecule has 0 amide bonds. The minimum Gasteiger partial charge on any atom is -0.439 e. The van der Waals surface area contributed by atoms with Crippen molar-refractivity contribution >= 4 is 5.82 Å². The summed E-state index contributed by atoms with van der Waals surface area (Å²) < 4.78 is 5.77. The number of hydrogen-bond acceptors (Lipinski definition) is 4. The van der Waals surface area contributed by atoms with E-state index >= 15 is 0 Å². The molecule has 4 heteroatoms. The molecule has 0 aliphatic rings. The first-order valence-electron chi connectivity index (χ1n) is 6.52. The molecule has 100 valence electrons. The molecule has 19 heavy (non-hydrogen) atoms. The van der Waals surface area contributed by atoms with Crippen LogP contribution in [0.3, 0.4) is 0 Å². The van der Waals surface area contributed by atoms with Gasteiger partial charge in [-0.1, -0.05) is 26.0 Å². The van der Waals surface area contributed by atoms with Gasteiger partial charge in [-0.3, -0.25) is 0 Å². The number of ether oxygens (including phenoxy) is 1. The molecule has 1 heterocycles. The van der Waals surface area contributed by atoms with Gasteiger partial charge in [-0.05, 0) is 30.5 Å². The number of aromatic nitrogens is 2. The summed E-state index contributed by atoms with van der Waals surface area (Å²) in [5.41, 5.74) is 1.25. The highest BCUT2D eigenvalue weighted by molar-refractivity contribution is 5.39. The topological polar surface area (TPSA) is 47.0 Å². The number of benzene rings is 1. The average molecular weight is 257 g/mol. The van der Waals surface area contributed by atoms with Crippen molar-refractivity contribution in [1.29, 1.82) is 0 Å². The van der Waals surface area contributed by atoms with Crippen molar-refractivity contribution in [1.82, 2.24) is 9.97 Å². The van der Waals surface area contributed by atoms with Gasteiger partial charge in [0.2, 0.25) is 5.88 Å². The molecule has 0 bridgehead atoms. The molecule has 4 nitrogen and oxygen atoms in total. The highest BCUT2D eigenvalue weighted by atomic mass is 16.5. The predicted molar refractivity (Wildman–Crippen MR) is 76.8 cm³/mol. The van der Waals surface area contributed by atoms with Gasteiger partial charge in [-0.25, -0.2) is 9.97 Å². The normalized spacial score (nSPS) is 10.5. The molecule has 2 rings (SSSR count). The second-order valence-corrected chi connectivity index (χ2v) is 4.60. The van der Waals surface area contributed by atoms with E-state index in [-0.39, 0.29) is 0 Å². The molecule has 0 spiro atoms. The van der Waals surface area contributed by atoms with Crippen LogP contribution in [0.15, 0.2) is 36.7 Å². The quantitative estimate of drug-likeness (QED) is 0.884. The van der Waals surface area contributed by atoms with Gasteiger partial charge in [-0.2, -0.15) is 0 Å². The number of nitrogens with one attached hydrogen (secondary N) is 1. The van der Waals surface area contributed by atoms with Crippen molar-refractivity contribution in [2.24, 2.45) is 0 Å². The van der Waals surface area contributed by atoms with E-state index in [4.69, 9.17) is 4.74 Å². The summed E-state index contributed by atoms with van der Waals surface area (Å²) in [4.78, 5) is 8.23. The van der Waals surface area contributed by atoms with Crippen molar-refractivity contribution in [3.05, 3.63) is 42.2 Å². The lowest BCUT2D eigenvalue weighted by molar-refractivity contribution is 0.461. The van der Waals surface area contributed by atoms with Crippen molar-refractivity contribution in [2.45, 2.75) is 26.7 Å². The van der Waals surface area contributed by atoms with Crippen LogP contribution in [0.2, 0.25) is 0 Å². The van der Waals surface area contributed by atoms with Gasteiger partial charge in [0.05, 0.1) is 0 Å². The maximum Gasteiger partial charge on any atom is 0.224 e. The Morgan fingerprint density at radius 3 is 2.79 bits per heavy atom. The molecule has 1 N–H and O–H groups in total. The maximum atomic E-state index is 5.77. The van der Waals surface area contributed by atoms with E-state index < -0.39 is 0 Å². The van der Waals surface area contributed by atoms with Gasteiger partial charge >= 0.3 is 0 Å². The van der Waals surface area contributed by atoms with Crippen LogP contribution in [0.5, 0.6) is 11.6 Å². The van der Waals surface area contributed by atoms with Crippen LogP contribution in [0, 0.1) is 0 Å². The lowest BCUT2D eigenvalue weighted by Crippen LogP contribution is -2.00. The minimum absolute atomic E-state index is 0.478. The highest BCUT2D eigenvalue weighted by Gasteiger charge is 2.04. The van der Waals surface area contributed by atoms with Crippen LogP contribution in [0.1, 0.15) is 32.3 Å². The van der Waals surface area contributed by atoms with Gasteiger partial charge in [0.25, 0.3) is 0 Å². The van der Waals surface area contributed by atoms with E-state index in [1.165, 1.54) is 11.9 Å². The molecule has 0 radical (unpaired) electrons. The van der Waals surface area contributed by atoms with Crippen molar-refractivity contribution < 1.29 is 4.74 Å². The van der Waals surface area contributed by atoms with Gasteiger partial charge in [0.15, 0.2) is 0 Å². The molecule has 0 unspecified atom stereocenters. The second-order valence-electron chi connectivity index (χ2n) is 4.60. The molecular formula is C15H19N3O. The van der Waals surface area contributed by atoms with E-state index in [9.17, 15) is 0 Å². The van der Waals surface area contributed by atoms with Crippen LogP contribution in [0.25, 0.3) is 0 Å². The molecular weight excluding hydrogens is 238 g/mol. The molecule has 1 aromatic heterocycles. The summed E-state index contributed by atoms with van der Waals surface area (Å²) in [6.45, 7) is 7.16. The van der Waals surface area contributed by atoms with Gasteiger partial charge in [0, 0.05) is 12.6 Å². The fourth-order valence-electron chi connectivity index (χ4n) is 1.73. The fourth-order valence-corrected chi connectivity index (χ4v) is 1.73. The summed E-state index contributed by atoms with van der Waals surface area (Å²) in [5.74, 6) is 2.60. The summed E-state index contributed by atoms with van der Waals surface area (Å²) in [5, 5.41) is 3.13. The van der Waals surface area contributed by atoms with Gasteiger partial charge in [0.1, 0.15) is 17.9 Å². The molecule has 1 aromatic carbocycles. The van der Waals surface area contributed by atoms with Crippen LogP contribution < -0.4 is 10.1 Å². The average Bonchev–Trinajstić information content (AvgIpc) is 2.40. The summed E-state index contributed by atoms with van der Waals surface area (Å²) in [6, 6.07) is 9.87. The second kappa shape index (κ2) is 6.18. The Morgan fingerprint density at radius 1 is 1.21 bits per heavy atom. The smallest absolute Gasteiger partial charge is 0.224 e. The predicted octanol–water partition coefficient (Wildman–Crippen LogP) is 3.82. The summed E-state index contributed by atoms with van der Waals surface area (Å²) in [7, 11) is 0. The van der Waals surface area contributed by atoms with Crippen LogP contribution in [-0.2, 0) is 0 Å². The number of nitrogens with zero attached hydrogens (tertiary/aromatic N) is 2. The first-order valence-corrected chi connectivity index (χ1v) is 6.52. The van der Waals surface area contributed by atoms with Crippen molar-refractivity contribution in [2.75, 3.05) is 11.9 Å². The van der Waals surface area contributed by atoms with Crippen LogP contribution >= 0.6 is 0 Å². The first-order chi connectivity index (χ1) is 9.19. The molecule has 2 aromatic rings. The SMILES string of the molecule is CCNc1cc(Oc2cccc(C(C)C)c2)ncn1. The summed E-state index contributed by atoms with van der Waals surface area (Å²) >= 11 is 0. The van der Waals surface area contributed by atoms with Crippen molar-refractivity contribution in [3.63, 3.8) is 0 Å². The monoisotopic (exact) mass is 257 g/mol. The molecule has 0 saturated carbocycles. The first kappa shape index (κ1) is 13.3. The molecule has 0 aliphatic carbocycles. The Labute approximate surface area is 113 Å². The molecule has 0 fully saturated rings. The third-order valence-electron chi connectivity index (χ3n) is 2.75. The Bertz CT molecular complexity index is 540. The van der Waals surface area contributed by atoms with E-state index in [2.05, 4.69) is 35.2 Å². The zero-order valence-electron chi connectivity index (χ0n) is 11.6. The van der Waals surface area contributed by atoms with Crippen molar-refractivity contribution in [3.8, 4) is 11.6 Å². The number of hydrogen-bond donors (Lipinski definition) is 1. The zero-order chi connectivity index (χ0) is 13.7. The Kier molecular flexibility index (Phi) is 4.34. The van der Waals surface area contributed by atoms with E-state index in [1.807, 2.05) is 25.1 Å². The Balaban J connectivity index is 2.16. The standard InChI is InChI=1S/C15H19N3O/c1-4-16-14-9-15(18-10-17-14)19-13-7-5-6-12(8-13)11(2)3/h5-11H,4H2,1-3H3,(H,16,17,18). The van der Waals surface area contributed by atoms with E-state index in [0.29, 0.717) is 11.8 Å². The lowest BCUT2D eigenvalue weighted by Gasteiger charge is -2.09. The van der Waals surface area contributed by atoms with Crippen LogP contribution in [0.4, 0.5) is 5.82 Å². The van der Waals surface area contributed by atoms with Crippen LogP contribution in [-0.4, -0.2) is 16.5 Å². The van der Waals surface area contributed by atoms with E-state index in [0.717, 1.165) is 18.1 Å². The molecule has 0 saturated heterocycles. The van der Waals surface area contributed by atoms with E-state index in [1.54, 1.807) is 6.07 Å². The maximum absolute atomic E-state index is 5.77. The molecule has 0 aliphatic heterocycles. The number of rotatable bonds is 5. The Morgan fingerprint density at radius 2 is 2.05 bits per heavy atom. The molecule has 0 atom stereocenters. The summed E-state index contributed by atoms with van der Waals surface area (Å²) in [6.07, 6.45) is 1.50. The fraction of sp³-hybridized carbons (Fsp3) is 0.333.